The molecule has 0 saturated carbocycles. The van der Waals surface area contributed by atoms with Crippen LogP contribution < -0.4 is 5.32 Å². The van der Waals surface area contributed by atoms with E-state index in [0.717, 1.165) is 56.7 Å². The van der Waals surface area contributed by atoms with Crippen LogP contribution in [0.3, 0.4) is 0 Å². The summed E-state index contributed by atoms with van der Waals surface area (Å²) < 4.78 is 0. The van der Waals surface area contributed by atoms with E-state index in [1.54, 1.807) is 0 Å². The Bertz CT molecular complexity index is 1300. The van der Waals surface area contributed by atoms with Crippen LogP contribution >= 0.6 is 0 Å². The number of imide groups is 1. The quantitative estimate of drug-likeness (QED) is 0.136. The van der Waals surface area contributed by atoms with Gasteiger partial charge in [0, 0.05) is 57.0 Å². The standard InChI is InChI=1S/C24H30N4O2.2C4H4O4/c1-26-16-18-27(19-17-26)14-8-9-15-28-22(29)24(25-23(28)30,20-10-4-2-5-11-20)21-12-6-3-7-13-21;2*5-3(6)1-2-4(7)8/h2-7,10-13H,8-9,14-19H2,1H3,(H,25,30);2*1-2H,(H,5,6)(H,7,8)/b;2*2-1-. The van der Waals surface area contributed by atoms with Crippen LogP contribution in [0, 0.1) is 0 Å². The second-order valence-corrected chi connectivity index (χ2v) is 10.2. The summed E-state index contributed by atoms with van der Waals surface area (Å²) in [5.41, 5.74) is 0.417. The van der Waals surface area contributed by atoms with Gasteiger partial charge < -0.3 is 35.5 Å². The van der Waals surface area contributed by atoms with Crippen molar-refractivity contribution in [2.75, 3.05) is 46.3 Å². The van der Waals surface area contributed by atoms with Crippen molar-refractivity contribution in [2.24, 2.45) is 0 Å². The Morgan fingerprint density at radius 2 is 1.07 bits per heavy atom. The number of benzene rings is 2. The molecule has 2 heterocycles. The molecular formula is C32H38N4O10. The van der Waals surface area contributed by atoms with Crippen molar-refractivity contribution in [3.63, 3.8) is 0 Å². The molecule has 2 aromatic rings. The lowest BCUT2D eigenvalue weighted by Gasteiger charge is -2.32. The minimum atomic E-state index is -1.26. The Labute approximate surface area is 265 Å². The first-order valence-electron chi connectivity index (χ1n) is 14.3. The number of carboxylic acid groups (broad SMARTS) is 4. The van der Waals surface area contributed by atoms with Crippen molar-refractivity contribution in [3.8, 4) is 0 Å². The van der Waals surface area contributed by atoms with E-state index in [1.165, 1.54) is 4.90 Å². The molecule has 3 amide bonds. The maximum absolute atomic E-state index is 13.6. The lowest BCUT2D eigenvalue weighted by Crippen LogP contribution is -2.45. The topological polar surface area (TPSA) is 205 Å². The Balaban J connectivity index is 0.000000381. The lowest BCUT2D eigenvalue weighted by molar-refractivity contribution is -0.134. The Hall–Kier alpha value is -5.34. The number of nitrogens with zero attached hydrogens (tertiary/aromatic N) is 3. The third-order valence-electron chi connectivity index (χ3n) is 6.96. The predicted octanol–water partition coefficient (Wildman–Crippen LogP) is 1.93. The molecule has 2 aromatic carbocycles. The highest BCUT2D eigenvalue weighted by atomic mass is 16.4. The molecule has 246 valence electrons. The first-order chi connectivity index (χ1) is 21.9. The Morgan fingerprint density at radius 1 is 0.674 bits per heavy atom. The number of likely N-dealkylation sites (N-methyl/N-ethyl adjacent to an activating group) is 1. The molecule has 14 heteroatoms. The van der Waals surface area contributed by atoms with Gasteiger partial charge in [0.25, 0.3) is 5.91 Å². The zero-order valence-corrected chi connectivity index (χ0v) is 25.3. The number of rotatable bonds is 11. The first-order valence-corrected chi connectivity index (χ1v) is 14.3. The number of carbonyl (C=O) groups is 6. The van der Waals surface area contributed by atoms with Gasteiger partial charge in [-0.3, -0.25) is 9.69 Å². The van der Waals surface area contributed by atoms with Gasteiger partial charge >= 0.3 is 29.9 Å². The summed E-state index contributed by atoms with van der Waals surface area (Å²) in [6.07, 6.45) is 4.02. The predicted molar refractivity (Wildman–Crippen MR) is 166 cm³/mol. The van der Waals surface area contributed by atoms with E-state index in [1.807, 2.05) is 60.7 Å². The lowest BCUT2D eigenvalue weighted by atomic mass is 9.82. The first kappa shape index (κ1) is 36.8. The molecule has 2 fully saturated rings. The van der Waals surface area contributed by atoms with E-state index in [4.69, 9.17) is 20.4 Å². The van der Waals surface area contributed by atoms with Gasteiger partial charge in [0.2, 0.25) is 0 Å². The van der Waals surface area contributed by atoms with E-state index < -0.39 is 29.4 Å². The van der Waals surface area contributed by atoms with Crippen LogP contribution in [0.1, 0.15) is 24.0 Å². The van der Waals surface area contributed by atoms with Crippen molar-refractivity contribution in [3.05, 3.63) is 96.1 Å². The molecule has 46 heavy (non-hydrogen) atoms. The van der Waals surface area contributed by atoms with Crippen LogP contribution in [0.2, 0.25) is 0 Å². The number of carbonyl (C=O) groups excluding carboxylic acids is 2. The summed E-state index contributed by atoms with van der Waals surface area (Å²) in [5, 5.41) is 34.3. The van der Waals surface area contributed by atoms with Gasteiger partial charge in [0.05, 0.1) is 0 Å². The molecule has 0 radical (unpaired) electrons. The highest BCUT2D eigenvalue weighted by molar-refractivity contribution is 6.09. The number of aliphatic carboxylic acids is 4. The molecule has 0 aliphatic carbocycles. The number of unbranched alkanes of at least 4 members (excludes halogenated alkanes) is 1. The summed E-state index contributed by atoms with van der Waals surface area (Å²) in [4.78, 5) is 70.9. The fourth-order valence-electron chi connectivity index (χ4n) is 4.68. The molecule has 4 rings (SSSR count). The van der Waals surface area contributed by atoms with Gasteiger partial charge in [-0.25, -0.2) is 24.0 Å². The smallest absolute Gasteiger partial charge is 0.328 e. The van der Waals surface area contributed by atoms with E-state index in [2.05, 4.69) is 22.2 Å². The van der Waals surface area contributed by atoms with Gasteiger partial charge in [-0.1, -0.05) is 60.7 Å². The van der Waals surface area contributed by atoms with Crippen molar-refractivity contribution in [1.29, 1.82) is 0 Å². The van der Waals surface area contributed by atoms with Crippen molar-refractivity contribution in [1.82, 2.24) is 20.0 Å². The summed E-state index contributed by atoms with van der Waals surface area (Å²) in [7, 11) is 2.15. The fraction of sp³-hybridized carbons (Fsp3) is 0.312. The summed E-state index contributed by atoms with van der Waals surface area (Å²) >= 11 is 0. The molecule has 0 unspecified atom stereocenters. The molecule has 0 spiro atoms. The number of carboxylic acids is 4. The molecule has 2 aliphatic rings. The van der Waals surface area contributed by atoms with E-state index >= 15 is 0 Å². The monoisotopic (exact) mass is 638 g/mol. The highest BCUT2D eigenvalue weighted by Gasteiger charge is 2.53. The fourth-order valence-corrected chi connectivity index (χ4v) is 4.68. The molecular weight excluding hydrogens is 600 g/mol. The maximum atomic E-state index is 13.6. The zero-order valence-electron chi connectivity index (χ0n) is 25.3. The minimum Gasteiger partial charge on any atom is -0.478 e. The van der Waals surface area contributed by atoms with Gasteiger partial charge in [-0.2, -0.15) is 0 Å². The average molecular weight is 639 g/mol. The molecule has 0 atom stereocenters. The van der Waals surface area contributed by atoms with Gasteiger partial charge in [0.15, 0.2) is 5.54 Å². The summed E-state index contributed by atoms with van der Waals surface area (Å²) in [5.74, 6) is -5.22. The number of amides is 3. The molecule has 2 aliphatic heterocycles. The van der Waals surface area contributed by atoms with E-state index in [0.29, 0.717) is 30.8 Å². The largest absolute Gasteiger partial charge is 0.478 e. The van der Waals surface area contributed by atoms with Crippen LogP contribution in [0.15, 0.2) is 85.0 Å². The number of hydrogen-bond acceptors (Lipinski definition) is 8. The average Bonchev–Trinajstić information content (AvgIpc) is 3.29. The number of piperazine rings is 1. The SMILES string of the molecule is CN1CCN(CCCCN2C(=O)NC(c3ccccc3)(c3ccccc3)C2=O)CC1.O=C(O)/C=C\C(=O)O.O=C(O)/C=C\C(=O)O. The van der Waals surface area contributed by atoms with Gasteiger partial charge in [0.1, 0.15) is 0 Å². The highest BCUT2D eigenvalue weighted by Crippen LogP contribution is 2.36. The zero-order chi connectivity index (χ0) is 34.1. The summed E-state index contributed by atoms with van der Waals surface area (Å²) in [6, 6.07) is 18.7. The van der Waals surface area contributed by atoms with Crippen LogP contribution in [0.5, 0.6) is 0 Å². The van der Waals surface area contributed by atoms with Crippen molar-refractivity contribution < 1.29 is 49.2 Å². The molecule has 5 N–H and O–H groups in total. The summed E-state index contributed by atoms with van der Waals surface area (Å²) in [6.45, 7) is 5.84. The van der Waals surface area contributed by atoms with Crippen molar-refractivity contribution >= 4 is 35.8 Å². The number of nitrogens with one attached hydrogen (secondary N) is 1. The van der Waals surface area contributed by atoms with Gasteiger partial charge in [-0.15, -0.1) is 0 Å². The van der Waals surface area contributed by atoms with Crippen LogP contribution in [0.4, 0.5) is 4.79 Å². The molecule has 2 saturated heterocycles. The van der Waals surface area contributed by atoms with Crippen LogP contribution in [-0.4, -0.2) is 117 Å². The number of hydrogen-bond donors (Lipinski definition) is 5. The second kappa shape index (κ2) is 18.5. The minimum absolute atomic E-state index is 0.190. The van der Waals surface area contributed by atoms with Crippen molar-refractivity contribution in [2.45, 2.75) is 18.4 Å². The number of urea groups is 1. The van der Waals surface area contributed by atoms with Gasteiger partial charge in [-0.05, 0) is 37.6 Å². The third kappa shape index (κ3) is 11.6. The van der Waals surface area contributed by atoms with E-state index in [9.17, 15) is 28.8 Å². The maximum Gasteiger partial charge on any atom is 0.328 e. The Kier molecular flexibility index (Phi) is 14.8. The molecule has 14 nitrogen and oxygen atoms in total. The van der Waals surface area contributed by atoms with E-state index in [-0.39, 0.29) is 11.9 Å². The van der Waals surface area contributed by atoms with Crippen LogP contribution in [-0.2, 0) is 29.5 Å². The second-order valence-electron chi connectivity index (χ2n) is 10.2. The normalized spacial score (nSPS) is 16.2. The Morgan fingerprint density at radius 3 is 1.46 bits per heavy atom. The molecule has 0 bridgehead atoms. The third-order valence-corrected chi connectivity index (χ3v) is 6.96. The van der Waals surface area contributed by atoms with Crippen LogP contribution in [0.25, 0.3) is 0 Å². The molecule has 0 aromatic heterocycles.